The zero-order chi connectivity index (χ0) is 16.8. The number of nitrogens with one attached hydrogen (secondary N) is 1. The first-order chi connectivity index (χ1) is 11.0. The lowest BCUT2D eigenvalue weighted by molar-refractivity contribution is -0.135. The predicted octanol–water partition coefficient (Wildman–Crippen LogP) is 1.82. The van der Waals surface area contributed by atoms with Crippen molar-refractivity contribution in [2.75, 3.05) is 7.11 Å². The highest BCUT2D eigenvalue weighted by Gasteiger charge is 2.24. The second-order valence-corrected chi connectivity index (χ2v) is 5.53. The topological polar surface area (TPSA) is 104 Å². The van der Waals surface area contributed by atoms with Gasteiger partial charge in [-0.25, -0.2) is 4.79 Å². The fourth-order valence-corrected chi connectivity index (χ4v) is 2.46. The van der Waals surface area contributed by atoms with Crippen LogP contribution in [0.5, 0.6) is 0 Å². The van der Waals surface area contributed by atoms with Gasteiger partial charge in [0.05, 0.1) is 28.8 Å². The molecule has 116 valence electrons. The van der Waals surface area contributed by atoms with Crippen LogP contribution in [0, 0.1) is 11.3 Å². The van der Waals surface area contributed by atoms with Crippen molar-refractivity contribution in [1.29, 1.82) is 5.26 Å². The third-order valence-corrected chi connectivity index (χ3v) is 3.78. The molecule has 1 heterocycles. The summed E-state index contributed by atoms with van der Waals surface area (Å²) in [7, 11) is 1.22. The molecule has 0 spiro atoms. The Morgan fingerprint density at radius 1 is 1.52 bits per heavy atom. The van der Waals surface area contributed by atoms with Crippen LogP contribution in [0.4, 0.5) is 0 Å². The lowest BCUT2D eigenvalue weighted by Crippen LogP contribution is -2.19. The Hall–Kier alpha value is -2.63. The summed E-state index contributed by atoms with van der Waals surface area (Å²) in [6, 6.07) is 6.76. The van der Waals surface area contributed by atoms with Gasteiger partial charge >= 0.3 is 5.97 Å². The quantitative estimate of drug-likeness (QED) is 0.388. The summed E-state index contributed by atoms with van der Waals surface area (Å²) in [6.45, 7) is 0. The predicted molar refractivity (Wildman–Crippen MR) is 87.0 cm³/mol. The van der Waals surface area contributed by atoms with Crippen molar-refractivity contribution >= 4 is 46.6 Å². The van der Waals surface area contributed by atoms with Gasteiger partial charge in [0.15, 0.2) is 5.17 Å². The van der Waals surface area contributed by atoms with E-state index in [1.54, 1.807) is 18.2 Å². The summed E-state index contributed by atoms with van der Waals surface area (Å²) in [5, 5.41) is 19.5. The van der Waals surface area contributed by atoms with E-state index < -0.39 is 11.9 Å². The van der Waals surface area contributed by atoms with Gasteiger partial charge in [0.25, 0.3) is 5.91 Å². The van der Waals surface area contributed by atoms with Crippen LogP contribution in [0.2, 0.25) is 5.02 Å². The van der Waals surface area contributed by atoms with E-state index in [1.807, 2.05) is 6.07 Å². The molecule has 0 radical (unpaired) electrons. The first-order valence-electron chi connectivity index (χ1n) is 6.13. The highest BCUT2D eigenvalue weighted by molar-refractivity contribution is 8.18. The van der Waals surface area contributed by atoms with Crippen LogP contribution < -0.4 is 5.32 Å². The van der Waals surface area contributed by atoms with E-state index >= 15 is 0 Å². The largest absolute Gasteiger partial charge is 0.466 e. The summed E-state index contributed by atoms with van der Waals surface area (Å²) >= 11 is 6.88. The number of nitriles is 1. The number of nitrogens with zero attached hydrogens (tertiary/aromatic N) is 3. The molecule has 9 heteroatoms. The van der Waals surface area contributed by atoms with Crippen LogP contribution in [-0.2, 0) is 14.3 Å². The minimum absolute atomic E-state index is 0.173. The zero-order valence-corrected chi connectivity index (χ0v) is 13.3. The Balaban J connectivity index is 2.08. The summed E-state index contributed by atoms with van der Waals surface area (Å²) in [4.78, 5) is 22.9. The van der Waals surface area contributed by atoms with Gasteiger partial charge < -0.3 is 4.74 Å². The second kappa shape index (κ2) is 7.58. The average Bonchev–Trinajstić information content (AvgIpc) is 2.87. The minimum atomic E-state index is -0.625. The monoisotopic (exact) mass is 348 g/mol. The van der Waals surface area contributed by atoms with E-state index in [-0.39, 0.29) is 10.1 Å². The Morgan fingerprint density at radius 3 is 2.96 bits per heavy atom. The van der Waals surface area contributed by atoms with Crippen molar-refractivity contribution in [2.24, 2.45) is 10.2 Å². The Kier molecular flexibility index (Phi) is 5.51. The van der Waals surface area contributed by atoms with Crippen LogP contribution in [0.3, 0.4) is 0 Å². The number of methoxy groups -OCH3 is 1. The minimum Gasteiger partial charge on any atom is -0.466 e. The van der Waals surface area contributed by atoms with Gasteiger partial charge in [-0.2, -0.15) is 10.4 Å². The first-order valence-corrected chi connectivity index (χ1v) is 7.32. The molecule has 1 fully saturated rings. The molecule has 0 bridgehead atoms. The summed E-state index contributed by atoms with van der Waals surface area (Å²) in [5.41, 5.74) is 1.02. The van der Waals surface area contributed by atoms with Crippen molar-refractivity contribution in [1.82, 2.24) is 5.32 Å². The number of rotatable bonds is 3. The molecule has 0 atom stereocenters. The Bertz CT molecular complexity index is 796. The average molecular weight is 349 g/mol. The van der Waals surface area contributed by atoms with E-state index in [0.29, 0.717) is 16.1 Å². The molecule has 1 aromatic carbocycles. The summed E-state index contributed by atoms with van der Waals surface area (Å²) in [6.07, 6.45) is 2.50. The highest BCUT2D eigenvalue weighted by atomic mass is 35.5. The van der Waals surface area contributed by atoms with Crippen LogP contribution in [0.25, 0.3) is 0 Å². The van der Waals surface area contributed by atoms with Crippen LogP contribution >= 0.6 is 23.4 Å². The van der Waals surface area contributed by atoms with E-state index in [4.69, 9.17) is 16.9 Å². The summed E-state index contributed by atoms with van der Waals surface area (Å²) < 4.78 is 4.45. The molecule has 1 aliphatic heterocycles. The first kappa shape index (κ1) is 16.7. The Morgan fingerprint density at radius 2 is 2.30 bits per heavy atom. The maximum absolute atomic E-state index is 11.6. The van der Waals surface area contributed by atoms with E-state index in [1.165, 1.54) is 13.3 Å². The fraction of sp³-hybridized carbons (Fsp3) is 0.0714. The SMILES string of the molecule is COC(=O)/C=C1/S/C(=N\N=Cc2ccc(C#N)c(Cl)c2)NC1=O. The molecule has 0 saturated carbocycles. The number of carbonyl (C=O) groups is 2. The van der Waals surface area contributed by atoms with Crippen molar-refractivity contribution in [3.8, 4) is 6.07 Å². The zero-order valence-electron chi connectivity index (χ0n) is 11.7. The standard InChI is InChI=1S/C14H9ClN4O3S/c1-22-12(20)5-11-13(21)18-14(23-11)19-17-7-8-2-3-9(6-16)10(15)4-8/h2-5,7H,1H3,(H,18,19,21)/b11-5+,17-7?. The molecule has 0 aromatic heterocycles. The number of thioether (sulfide) groups is 1. The van der Waals surface area contributed by atoms with Crippen LogP contribution in [-0.4, -0.2) is 30.4 Å². The lowest BCUT2D eigenvalue weighted by Gasteiger charge is -1.95. The van der Waals surface area contributed by atoms with Gasteiger partial charge in [0.2, 0.25) is 0 Å². The van der Waals surface area contributed by atoms with Crippen molar-refractivity contribution in [3.05, 3.63) is 45.3 Å². The van der Waals surface area contributed by atoms with Gasteiger partial charge in [-0.05, 0) is 29.5 Å². The summed E-state index contributed by atoms with van der Waals surface area (Å²) in [5.74, 6) is -1.07. The normalized spacial score (nSPS) is 17.5. The van der Waals surface area contributed by atoms with Crippen molar-refractivity contribution < 1.29 is 14.3 Å². The molecular formula is C14H9ClN4O3S. The third kappa shape index (κ3) is 4.42. The molecule has 1 saturated heterocycles. The van der Waals surface area contributed by atoms with Gasteiger partial charge in [-0.1, -0.05) is 17.7 Å². The number of halogens is 1. The van der Waals surface area contributed by atoms with Crippen molar-refractivity contribution in [3.63, 3.8) is 0 Å². The highest BCUT2D eigenvalue weighted by Crippen LogP contribution is 2.23. The fourth-order valence-electron chi connectivity index (χ4n) is 1.49. The van der Waals surface area contributed by atoms with E-state index in [9.17, 15) is 9.59 Å². The molecule has 0 unspecified atom stereocenters. The number of amidine groups is 1. The number of carbonyl (C=O) groups excluding carboxylic acids is 2. The van der Waals surface area contributed by atoms with E-state index in [2.05, 4.69) is 20.3 Å². The molecule has 7 nitrogen and oxygen atoms in total. The van der Waals surface area contributed by atoms with Crippen LogP contribution in [0.1, 0.15) is 11.1 Å². The molecule has 1 N–H and O–H groups in total. The van der Waals surface area contributed by atoms with Gasteiger partial charge in [0.1, 0.15) is 6.07 Å². The maximum Gasteiger partial charge on any atom is 0.331 e. The molecule has 1 aliphatic rings. The third-order valence-electron chi connectivity index (χ3n) is 2.57. The van der Waals surface area contributed by atoms with E-state index in [0.717, 1.165) is 17.8 Å². The number of hydrogen-bond acceptors (Lipinski definition) is 7. The molecule has 2 rings (SSSR count). The van der Waals surface area contributed by atoms with Crippen molar-refractivity contribution in [2.45, 2.75) is 0 Å². The second-order valence-electron chi connectivity index (χ2n) is 4.09. The smallest absolute Gasteiger partial charge is 0.331 e. The number of benzene rings is 1. The molecule has 23 heavy (non-hydrogen) atoms. The number of ether oxygens (including phenoxy) is 1. The molecule has 1 amide bonds. The lowest BCUT2D eigenvalue weighted by atomic mass is 10.2. The Labute approximate surface area is 140 Å². The molecular weight excluding hydrogens is 340 g/mol. The maximum atomic E-state index is 11.6. The molecule has 1 aromatic rings. The number of esters is 1. The number of amides is 1. The van der Waals surface area contributed by atoms with Crippen LogP contribution in [0.15, 0.2) is 39.4 Å². The van der Waals surface area contributed by atoms with Gasteiger partial charge in [0, 0.05) is 6.08 Å². The van der Waals surface area contributed by atoms with Gasteiger partial charge in [-0.15, -0.1) is 5.10 Å². The van der Waals surface area contributed by atoms with Gasteiger partial charge in [-0.3, -0.25) is 10.1 Å². The molecule has 0 aliphatic carbocycles. The number of hydrogen-bond donors (Lipinski definition) is 1.